The van der Waals surface area contributed by atoms with E-state index in [0.717, 1.165) is 11.8 Å². The van der Waals surface area contributed by atoms with E-state index < -0.39 is 23.2 Å². The van der Waals surface area contributed by atoms with Crippen LogP contribution in [-0.4, -0.2) is 46.3 Å². The maximum absolute atomic E-state index is 12.6. The molecule has 0 saturated heterocycles. The summed E-state index contributed by atoms with van der Waals surface area (Å²) in [5.41, 5.74) is 0.707. The van der Waals surface area contributed by atoms with Crippen LogP contribution in [0, 0.1) is 0 Å². The summed E-state index contributed by atoms with van der Waals surface area (Å²) in [6.07, 6.45) is -0.0155. The first-order valence-corrected chi connectivity index (χ1v) is 9.12. The van der Waals surface area contributed by atoms with Gasteiger partial charge in [-0.3, -0.25) is 14.9 Å². The Kier molecular flexibility index (Phi) is 7.35. The SMILES string of the molecule is CCOC(=O)Cc1nnc(S[C@H](C(=O)NC(=O)NC)c2ccccc2)n1C. The minimum atomic E-state index is -0.721. The van der Waals surface area contributed by atoms with E-state index in [1.165, 1.54) is 7.05 Å². The Morgan fingerprint density at radius 1 is 1.22 bits per heavy atom. The second kappa shape index (κ2) is 9.72. The third-order valence-corrected chi connectivity index (χ3v) is 4.85. The van der Waals surface area contributed by atoms with E-state index in [1.54, 1.807) is 42.8 Å². The van der Waals surface area contributed by atoms with Gasteiger partial charge in [0.15, 0.2) is 5.16 Å². The van der Waals surface area contributed by atoms with Crippen LogP contribution in [0.2, 0.25) is 0 Å². The lowest BCUT2D eigenvalue weighted by molar-refractivity contribution is -0.142. The third-order valence-electron chi connectivity index (χ3n) is 3.56. The minimum absolute atomic E-state index is 0.0155. The van der Waals surface area contributed by atoms with E-state index in [9.17, 15) is 14.4 Å². The zero-order chi connectivity index (χ0) is 19.8. The normalized spacial score (nSPS) is 11.5. The third kappa shape index (κ3) is 5.55. The zero-order valence-corrected chi connectivity index (χ0v) is 16.1. The first-order chi connectivity index (χ1) is 13.0. The first kappa shape index (κ1) is 20.4. The summed E-state index contributed by atoms with van der Waals surface area (Å²) in [4.78, 5) is 35.8. The molecule has 27 heavy (non-hydrogen) atoms. The number of benzene rings is 1. The number of carbonyl (C=O) groups excluding carboxylic acids is 3. The average Bonchev–Trinajstić information content (AvgIpc) is 3.00. The number of amides is 3. The van der Waals surface area contributed by atoms with Gasteiger partial charge in [0.1, 0.15) is 17.5 Å². The van der Waals surface area contributed by atoms with Crippen LogP contribution < -0.4 is 10.6 Å². The van der Waals surface area contributed by atoms with Gasteiger partial charge in [0.2, 0.25) is 5.91 Å². The number of ether oxygens (including phenoxy) is 1. The van der Waals surface area contributed by atoms with Crippen LogP contribution in [0.5, 0.6) is 0 Å². The van der Waals surface area contributed by atoms with Crippen molar-refractivity contribution in [1.29, 1.82) is 0 Å². The molecule has 3 amide bonds. The van der Waals surface area contributed by atoms with Gasteiger partial charge in [-0.05, 0) is 12.5 Å². The fourth-order valence-electron chi connectivity index (χ4n) is 2.19. The molecule has 1 aromatic carbocycles. The number of hydrogen-bond donors (Lipinski definition) is 2. The van der Waals surface area contributed by atoms with Gasteiger partial charge in [0.05, 0.1) is 6.61 Å². The number of thioether (sulfide) groups is 1. The molecule has 0 spiro atoms. The van der Waals surface area contributed by atoms with Crippen molar-refractivity contribution in [3.8, 4) is 0 Å². The fourth-order valence-corrected chi connectivity index (χ4v) is 3.21. The van der Waals surface area contributed by atoms with Crippen molar-refractivity contribution in [3.05, 3.63) is 41.7 Å². The molecule has 1 heterocycles. The van der Waals surface area contributed by atoms with Crippen molar-refractivity contribution < 1.29 is 19.1 Å². The molecular weight excluding hydrogens is 370 g/mol. The first-order valence-electron chi connectivity index (χ1n) is 8.24. The number of rotatable bonds is 7. The van der Waals surface area contributed by atoms with Gasteiger partial charge in [-0.1, -0.05) is 42.1 Å². The molecule has 0 radical (unpaired) electrons. The molecule has 0 aliphatic rings. The molecule has 0 bridgehead atoms. The average molecular weight is 391 g/mol. The zero-order valence-electron chi connectivity index (χ0n) is 15.3. The maximum Gasteiger partial charge on any atom is 0.321 e. The molecular formula is C17H21N5O4S. The molecule has 0 aliphatic heterocycles. The topological polar surface area (TPSA) is 115 Å². The Morgan fingerprint density at radius 2 is 1.93 bits per heavy atom. The quantitative estimate of drug-likeness (QED) is 0.538. The number of nitrogens with zero attached hydrogens (tertiary/aromatic N) is 3. The van der Waals surface area contributed by atoms with Gasteiger partial charge in [-0.2, -0.15) is 0 Å². The number of hydrogen-bond acceptors (Lipinski definition) is 7. The molecule has 2 rings (SSSR count). The number of esters is 1. The summed E-state index contributed by atoms with van der Waals surface area (Å²) in [7, 11) is 3.13. The fraction of sp³-hybridized carbons (Fsp3) is 0.353. The summed E-state index contributed by atoms with van der Waals surface area (Å²) in [5, 5.41) is 12.4. The minimum Gasteiger partial charge on any atom is -0.466 e. The predicted molar refractivity (Wildman–Crippen MR) is 99.0 cm³/mol. The molecule has 0 saturated carbocycles. The summed E-state index contributed by atoms with van der Waals surface area (Å²) in [6.45, 7) is 2.01. The van der Waals surface area contributed by atoms with Crippen molar-refractivity contribution in [1.82, 2.24) is 25.4 Å². The molecule has 0 aliphatic carbocycles. The number of urea groups is 1. The van der Waals surface area contributed by atoms with Crippen molar-refractivity contribution in [3.63, 3.8) is 0 Å². The second-order valence-corrected chi connectivity index (χ2v) is 6.49. The summed E-state index contributed by atoms with van der Waals surface area (Å²) in [6, 6.07) is 8.43. The van der Waals surface area contributed by atoms with E-state index in [1.807, 2.05) is 6.07 Å². The number of aromatic nitrogens is 3. The van der Waals surface area contributed by atoms with Gasteiger partial charge in [0, 0.05) is 14.1 Å². The second-order valence-electron chi connectivity index (χ2n) is 5.42. The molecule has 1 aromatic heterocycles. The van der Waals surface area contributed by atoms with E-state index >= 15 is 0 Å². The monoisotopic (exact) mass is 391 g/mol. The highest BCUT2D eigenvalue weighted by Gasteiger charge is 2.26. The van der Waals surface area contributed by atoms with Gasteiger partial charge >= 0.3 is 12.0 Å². The molecule has 9 nitrogen and oxygen atoms in total. The molecule has 2 aromatic rings. The lowest BCUT2D eigenvalue weighted by Gasteiger charge is -2.15. The summed E-state index contributed by atoms with van der Waals surface area (Å²) < 4.78 is 6.55. The van der Waals surface area contributed by atoms with E-state index in [0.29, 0.717) is 16.5 Å². The smallest absolute Gasteiger partial charge is 0.321 e. The van der Waals surface area contributed by atoms with E-state index in [4.69, 9.17) is 4.74 Å². The molecule has 10 heteroatoms. The number of nitrogens with one attached hydrogen (secondary N) is 2. The van der Waals surface area contributed by atoms with Crippen LogP contribution in [-0.2, 0) is 27.8 Å². The maximum atomic E-state index is 12.6. The highest BCUT2D eigenvalue weighted by Crippen LogP contribution is 2.34. The summed E-state index contributed by atoms with van der Waals surface area (Å²) in [5.74, 6) is -0.462. The molecule has 1 atom stereocenters. The molecule has 0 unspecified atom stereocenters. The molecule has 2 N–H and O–H groups in total. The number of carbonyl (C=O) groups is 3. The van der Waals surface area contributed by atoms with E-state index in [-0.39, 0.29) is 13.0 Å². The summed E-state index contributed by atoms with van der Waals surface area (Å²) >= 11 is 1.14. The Labute approximate surface area is 160 Å². The van der Waals surface area contributed by atoms with Gasteiger partial charge < -0.3 is 14.6 Å². The van der Waals surface area contributed by atoms with Crippen LogP contribution in [0.15, 0.2) is 35.5 Å². The van der Waals surface area contributed by atoms with Gasteiger partial charge in [0.25, 0.3) is 0 Å². The van der Waals surface area contributed by atoms with Crippen molar-refractivity contribution in [2.75, 3.05) is 13.7 Å². The highest BCUT2D eigenvalue weighted by molar-refractivity contribution is 8.00. The number of imide groups is 1. The van der Waals surface area contributed by atoms with Crippen molar-refractivity contribution in [2.45, 2.75) is 23.8 Å². The Morgan fingerprint density at radius 3 is 2.56 bits per heavy atom. The molecule has 0 fully saturated rings. The van der Waals surface area contributed by atoms with Crippen LogP contribution in [0.3, 0.4) is 0 Å². The van der Waals surface area contributed by atoms with Crippen LogP contribution in [0.1, 0.15) is 23.6 Å². The lowest BCUT2D eigenvalue weighted by Crippen LogP contribution is -2.39. The van der Waals surface area contributed by atoms with Crippen molar-refractivity contribution >= 4 is 29.7 Å². The largest absolute Gasteiger partial charge is 0.466 e. The van der Waals surface area contributed by atoms with Crippen LogP contribution in [0.25, 0.3) is 0 Å². The van der Waals surface area contributed by atoms with Gasteiger partial charge in [-0.15, -0.1) is 10.2 Å². The van der Waals surface area contributed by atoms with E-state index in [2.05, 4.69) is 20.8 Å². The van der Waals surface area contributed by atoms with Gasteiger partial charge in [-0.25, -0.2) is 4.79 Å². The van der Waals surface area contributed by atoms with Crippen molar-refractivity contribution in [2.24, 2.45) is 7.05 Å². The van der Waals surface area contributed by atoms with Crippen LogP contribution in [0.4, 0.5) is 4.79 Å². The Hall–Kier alpha value is -2.88. The lowest BCUT2D eigenvalue weighted by atomic mass is 10.1. The standard InChI is InChI=1S/C17H21N5O4S/c1-4-26-13(23)10-12-20-21-17(22(12)3)27-14(11-8-6-5-7-9-11)15(24)19-16(25)18-2/h5-9,14H,4,10H2,1-3H3,(H2,18,19,24,25)/t14-/m0/s1. The van der Waals surface area contributed by atoms with Crippen LogP contribution >= 0.6 is 11.8 Å². The molecule has 144 valence electrons. The highest BCUT2D eigenvalue weighted by atomic mass is 32.2. The Balaban J connectivity index is 2.23. The predicted octanol–water partition coefficient (Wildman–Crippen LogP) is 1.21. The Bertz CT molecular complexity index is 809.